The number of aliphatic carboxylic acids is 3. The zero-order chi connectivity index (χ0) is 29.0. The summed E-state index contributed by atoms with van der Waals surface area (Å²) >= 11 is 0. The van der Waals surface area contributed by atoms with Crippen molar-refractivity contribution in [3.05, 3.63) is 29.8 Å². The summed E-state index contributed by atoms with van der Waals surface area (Å²) < 4.78 is 0. The van der Waals surface area contributed by atoms with Crippen LogP contribution >= 0.6 is 0 Å². The number of hydrogen-bond donors (Lipinski definition) is 9. The van der Waals surface area contributed by atoms with Gasteiger partial charge in [-0.1, -0.05) is 12.1 Å². The minimum Gasteiger partial charge on any atom is -0.508 e. The number of amides is 4. The van der Waals surface area contributed by atoms with Crippen molar-refractivity contribution < 1.29 is 54.0 Å². The number of rotatable bonds is 16. The van der Waals surface area contributed by atoms with E-state index in [1.807, 2.05) is 0 Å². The Morgan fingerprint density at radius 2 is 1.26 bits per heavy atom. The molecular formula is C22H29N5O11. The van der Waals surface area contributed by atoms with E-state index >= 15 is 0 Å². The molecule has 0 heterocycles. The van der Waals surface area contributed by atoms with Crippen molar-refractivity contribution in [3.63, 3.8) is 0 Å². The van der Waals surface area contributed by atoms with E-state index in [1.165, 1.54) is 24.3 Å². The van der Waals surface area contributed by atoms with Gasteiger partial charge in [-0.2, -0.15) is 0 Å². The van der Waals surface area contributed by atoms with Crippen LogP contribution in [0.1, 0.15) is 31.2 Å². The van der Waals surface area contributed by atoms with Gasteiger partial charge in [0.25, 0.3) is 0 Å². The Bertz CT molecular complexity index is 1060. The number of nitrogens with one attached hydrogen (secondary N) is 3. The highest BCUT2D eigenvalue weighted by molar-refractivity contribution is 5.96. The van der Waals surface area contributed by atoms with Crippen LogP contribution in [0.3, 0.4) is 0 Å². The summed E-state index contributed by atoms with van der Waals surface area (Å²) in [6.07, 6.45) is -2.90. The molecule has 16 heteroatoms. The van der Waals surface area contributed by atoms with Crippen LogP contribution in [-0.2, 0) is 40.0 Å². The van der Waals surface area contributed by atoms with E-state index in [0.29, 0.717) is 5.56 Å². The van der Waals surface area contributed by atoms with Crippen molar-refractivity contribution in [2.45, 2.75) is 56.3 Å². The summed E-state index contributed by atoms with van der Waals surface area (Å²) in [6.45, 7) is 0. The molecule has 16 nitrogen and oxygen atoms in total. The SMILES string of the molecule is NC(=O)CC(NC(=O)C(N)CC(=O)O)C(=O)NC(CCC(=O)O)C(=O)NC(Cc1ccc(O)cc1)C(=O)O. The molecule has 0 saturated heterocycles. The molecule has 1 rings (SSSR count). The summed E-state index contributed by atoms with van der Waals surface area (Å²) in [6, 6.07) is -0.944. The number of aromatic hydroxyl groups is 1. The zero-order valence-electron chi connectivity index (χ0n) is 20.0. The Hall–Kier alpha value is -4.73. The Morgan fingerprint density at radius 3 is 1.76 bits per heavy atom. The molecule has 1 aromatic carbocycles. The van der Waals surface area contributed by atoms with Crippen molar-refractivity contribution in [1.82, 2.24) is 16.0 Å². The molecule has 1 aromatic rings. The first-order valence-corrected chi connectivity index (χ1v) is 11.1. The highest BCUT2D eigenvalue weighted by Crippen LogP contribution is 2.12. The first-order valence-electron chi connectivity index (χ1n) is 11.1. The van der Waals surface area contributed by atoms with Crippen LogP contribution in [0.25, 0.3) is 0 Å². The van der Waals surface area contributed by atoms with E-state index in [0.717, 1.165) is 0 Å². The summed E-state index contributed by atoms with van der Waals surface area (Å²) in [5, 5.41) is 43.1. The number of phenols is 1. The van der Waals surface area contributed by atoms with Crippen molar-refractivity contribution >= 4 is 41.5 Å². The average Bonchev–Trinajstić information content (AvgIpc) is 2.80. The fourth-order valence-corrected chi connectivity index (χ4v) is 3.12. The number of carboxylic acid groups (broad SMARTS) is 3. The number of hydrogen-bond acceptors (Lipinski definition) is 9. The number of carboxylic acids is 3. The van der Waals surface area contributed by atoms with Gasteiger partial charge in [0.05, 0.1) is 18.9 Å². The minimum absolute atomic E-state index is 0.0670. The normalized spacial score (nSPS) is 13.7. The van der Waals surface area contributed by atoms with Crippen LogP contribution in [-0.4, -0.2) is 86.1 Å². The standard InChI is InChI=1S/C22H29N5O11/c23-12(8-18(32)33)19(34)26-14(9-16(24)29)21(36)25-13(5-6-17(30)31)20(35)27-15(22(37)38)7-10-1-3-11(28)4-2-10/h1-4,12-15,28H,5-9,23H2,(H2,24,29)(H,25,36)(H,26,34)(H,27,35)(H,30,31)(H,32,33)(H,37,38). The first kappa shape index (κ1) is 31.3. The third kappa shape index (κ3) is 11.3. The minimum atomic E-state index is -1.70. The van der Waals surface area contributed by atoms with Gasteiger partial charge in [-0.25, -0.2) is 4.79 Å². The van der Waals surface area contributed by atoms with Gasteiger partial charge < -0.3 is 47.8 Å². The van der Waals surface area contributed by atoms with Crippen molar-refractivity contribution in [2.75, 3.05) is 0 Å². The fraction of sp³-hybridized carbons (Fsp3) is 0.409. The van der Waals surface area contributed by atoms with Crippen molar-refractivity contribution in [1.29, 1.82) is 0 Å². The summed E-state index contributed by atoms with van der Waals surface area (Å²) in [7, 11) is 0. The number of benzene rings is 1. The quantitative estimate of drug-likeness (QED) is 0.102. The third-order valence-electron chi connectivity index (χ3n) is 5.04. The smallest absolute Gasteiger partial charge is 0.326 e. The Morgan fingerprint density at radius 1 is 0.737 bits per heavy atom. The molecule has 11 N–H and O–H groups in total. The zero-order valence-corrected chi connectivity index (χ0v) is 20.0. The van der Waals surface area contributed by atoms with Gasteiger partial charge in [-0.15, -0.1) is 0 Å². The molecule has 4 amide bonds. The lowest BCUT2D eigenvalue weighted by atomic mass is 10.0. The average molecular weight is 539 g/mol. The molecule has 0 bridgehead atoms. The molecule has 0 spiro atoms. The first-order chi connectivity index (χ1) is 17.7. The van der Waals surface area contributed by atoms with Gasteiger partial charge in [0.15, 0.2) is 0 Å². The number of nitrogens with two attached hydrogens (primary N) is 2. The van der Waals surface area contributed by atoms with Crippen LogP contribution in [0, 0.1) is 0 Å². The maximum atomic E-state index is 12.9. The predicted molar refractivity (Wildman–Crippen MR) is 126 cm³/mol. The fourth-order valence-electron chi connectivity index (χ4n) is 3.12. The van der Waals surface area contributed by atoms with Crippen molar-refractivity contribution in [2.24, 2.45) is 11.5 Å². The lowest BCUT2D eigenvalue weighted by Crippen LogP contribution is -2.58. The van der Waals surface area contributed by atoms with Crippen LogP contribution in [0.2, 0.25) is 0 Å². The molecule has 0 aromatic heterocycles. The maximum Gasteiger partial charge on any atom is 0.326 e. The molecule has 208 valence electrons. The molecule has 0 fully saturated rings. The number of phenolic OH excluding ortho intramolecular Hbond substituents is 1. The van der Waals surface area contributed by atoms with E-state index in [4.69, 9.17) is 21.7 Å². The Labute approximate surface area is 215 Å². The number of primary amides is 1. The Kier molecular flexibility index (Phi) is 12.1. The van der Waals surface area contributed by atoms with Crippen LogP contribution < -0.4 is 27.4 Å². The van der Waals surface area contributed by atoms with Gasteiger partial charge in [0.2, 0.25) is 23.6 Å². The molecule has 0 aliphatic carbocycles. The predicted octanol–water partition coefficient (Wildman–Crippen LogP) is -2.98. The second-order valence-corrected chi connectivity index (χ2v) is 8.20. The highest BCUT2D eigenvalue weighted by Gasteiger charge is 2.31. The van der Waals surface area contributed by atoms with Crippen LogP contribution in [0.4, 0.5) is 0 Å². The van der Waals surface area contributed by atoms with E-state index < -0.39 is 91.4 Å². The highest BCUT2D eigenvalue weighted by atomic mass is 16.4. The molecule has 0 saturated carbocycles. The van der Waals surface area contributed by atoms with E-state index in [2.05, 4.69) is 16.0 Å². The molecule has 0 radical (unpaired) electrons. The van der Waals surface area contributed by atoms with Crippen LogP contribution in [0.15, 0.2) is 24.3 Å². The lowest BCUT2D eigenvalue weighted by molar-refractivity contribution is -0.143. The van der Waals surface area contributed by atoms with E-state index in [1.54, 1.807) is 0 Å². The summed E-state index contributed by atoms with van der Waals surface area (Å²) in [4.78, 5) is 82.8. The van der Waals surface area contributed by atoms with Gasteiger partial charge >= 0.3 is 17.9 Å². The maximum absolute atomic E-state index is 12.9. The Balaban J connectivity index is 3.07. The molecule has 38 heavy (non-hydrogen) atoms. The largest absolute Gasteiger partial charge is 0.508 e. The van der Waals surface area contributed by atoms with E-state index in [-0.39, 0.29) is 12.2 Å². The third-order valence-corrected chi connectivity index (χ3v) is 5.04. The molecule has 4 unspecified atom stereocenters. The van der Waals surface area contributed by atoms with Gasteiger partial charge in [0, 0.05) is 12.8 Å². The second kappa shape index (κ2) is 14.7. The molecule has 4 atom stereocenters. The van der Waals surface area contributed by atoms with Gasteiger partial charge in [-0.05, 0) is 24.1 Å². The lowest BCUT2D eigenvalue weighted by Gasteiger charge is -2.24. The van der Waals surface area contributed by atoms with Gasteiger partial charge in [-0.3, -0.25) is 28.8 Å². The molecular weight excluding hydrogens is 510 g/mol. The van der Waals surface area contributed by atoms with Gasteiger partial charge in [0.1, 0.15) is 23.9 Å². The number of carbonyl (C=O) groups is 7. The topological polar surface area (TPSA) is 289 Å². The van der Waals surface area contributed by atoms with Crippen LogP contribution in [0.5, 0.6) is 5.75 Å². The van der Waals surface area contributed by atoms with Crippen molar-refractivity contribution in [3.8, 4) is 5.75 Å². The summed E-state index contributed by atoms with van der Waals surface area (Å²) in [5.41, 5.74) is 11.0. The second-order valence-electron chi connectivity index (χ2n) is 8.20. The molecule has 0 aliphatic rings. The monoisotopic (exact) mass is 539 g/mol. The molecule has 0 aliphatic heterocycles. The van der Waals surface area contributed by atoms with E-state index in [9.17, 15) is 43.8 Å². The summed E-state index contributed by atoms with van der Waals surface area (Å²) in [5.74, 6) is -8.65. The number of carbonyl (C=O) groups excluding carboxylic acids is 4.